The lowest BCUT2D eigenvalue weighted by Gasteiger charge is -2.23. The number of hydrogen-bond donors (Lipinski definition) is 5. The van der Waals surface area contributed by atoms with Gasteiger partial charge in [-0.3, -0.25) is 5.32 Å². The predicted octanol–water partition coefficient (Wildman–Crippen LogP) is 3.00. The van der Waals surface area contributed by atoms with Gasteiger partial charge in [-0.1, -0.05) is 0 Å². The molecule has 6 N–H and O–H groups in total. The first-order valence-corrected chi connectivity index (χ1v) is 11.0. The Hall–Kier alpha value is -3.66. The van der Waals surface area contributed by atoms with E-state index in [0.29, 0.717) is 46.7 Å². The van der Waals surface area contributed by atoms with E-state index in [0.717, 1.165) is 37.2 Å². The van der Waals surface area contributed by atoms with Crippen LogP contribution in [0.2, 0.25) is 0 Å². The molecule has 172 valence electrons. The number of halogens is 1. The molecule has 0 bridgehead atoms. The second-order valence-corrected chi connectivity index (χ2v) is 8.32. The Bertz CT molecular complexity index is 1230. The Kier molecular flexibility index (Phi) is 5.59. The number of amides is 2. The number of piperidine rings is 1. The average molecular weight is 452 g/mol. The van der Waals surface area contributed by atoms with Gasteiger partial charge in [-0.2, -0.15) is 0 Å². The number of aromatic nitrogens is 2. The van der Waals surface area contributed by atoms with E-state index in [-0.39, 0.29) is 17.8 Å². The summed E-state index contributed by atoms with van der Waals surface area (Å²) in [5.41, 5.74) is 8.67. The molecule has 33 heavy (non-hydrogen) atoms. The maximum absolute atomic E-state index is 15.3. The van der Waals surface area contributed by atoms with Crippen LogP contribution in [0, 0.1) is 12.7 Å². The number of rotatable bonds is 3. The standard InChI is InChI=1S/C23H26FN7O2/c1-12-16(10-29-22-21(12)27-6-7-33-22)15-8-13-9-18(28-11-17(13)20(25)19(15)24)31-23(32)30-14-2-4-26-5-3-14/h8-11,14,26-27H,2-7,25H2,1H3,(H2,28,30,31,32). The smallest absolute Gasteiger partial charge is 0.320 e. The summed E-state index contributed by atoms with van der Waals surface area (Å²) in [6.45, 7) is 4.84. The fraction of sp³-hybridized carbons (Fsp3) is 0.348. The largest absolute Gasteiger partial charge is 0.474 e. The number of anilines is 3. The lowest BCUT2D eigenvalue weighted by Crippen LogP contribution is -2.44. The fourth-order valence-electron chi connectivity index (χ4n) is 4.36. The zero-order valence-electron chi connectivity index (χ0n) is 18.3. The van der Waals surface area contributed by atoms with Crippen LogP contribution in [0.4, 0.5) is 26.4 Å². The maximum Gasteiger partial charge on any atom is 0.320 e. The van der Waals surface area contributed by atoms with Crippen LogP contribution in [0.15, 0.2) is 24.5 Å². The van der Waals surface area contributed by atoms with Crippen molar-refractivity contribution < 1.29 is 13.9 Å². The number of fused-ring (bicyclic) bond motifs is 2. The van der Waals surface area contributed by atoms with Crippen LogP contribution in [-0.4, -0.2) is 48.3 Å². The Labute approximate surface area is 190 Å². The van der Waals surface area contributed by atoms with Crippen molar-refractivity contribution in [1.82, 2.24) is 20.6 Å². The topological polar surface area (TPSA) is 126 Å². The Morgan fingerprint density at radius 1 is 1.18 bits per heavy atom. The molecule has 2 aliphatic rings. The van der Waals surface area contributed by atoms with E-state index in [1.165, 1.54) is 6.20 Å². The van der Waals surface area contributed by atoms with Crippen molar-refractivity contribution in [2.75, 3.05) is 42.6 Å². The summed E-state index contributed by atoms with van der Waals surface area (Å²) >= 11 is 0. The monoisotopic (exact) mass is 451 g/mol. The number of nitrogens with one attached hydrogen (secondary N) is 4. The van der Waals surface area contributed by atoms with Gasteiger partial charge >= 0.3 is 6.03 Å². The molecular weight excluding hydrogens is 425 g/mol. The van der Waals surface area contributed by atoms with E-state index in [2.05, 4.69) is 31.2 Å². The van der Waals surface area contributed by atoms with Crippen molar-refractivity contribution in [2.24, 2.45) is 0 Å². The van der Waals surface area contributed by atoms with Crippen molar-refractivity contribution in [3.8, 4) is 17.0 Å². The van der Waals surface area contributed by atoms with Gasteiger partial charge in [-0.25, -0.2) is 19.2 Å². The summed E-state index contributed by atoms with van der Waals surface area (Å²) in [6.07, 6.45) is 4.83. The number of hydrogen-bond acceptors (Lipinski definition) is 7. The molecular formula is C23H26FN7O2. The summed E-state index contributed by atoms with van der Waals surface area (Å²) in [6, 6.07) is 3.21. The zero-order chi connectivity index (χ0) is 22.9. The SMILES string of the molecule is Cc1c(-c2cc3cc(NC(=O)NC4CCNCC4)ncc3c(N)c2F)cnc2c1NCCO2. The van der Waals surface area contributed by atoms with Gasteiger partial charge in [0.05, 0.1) is 5.69 Å². The molecule has 2 aliphatic heterocycles. The lowest BCUT2D eigenvalue weighted by atomic mass is 9.97. The predicted molar refractivity (Wildman–Crippen MR) is 126 cm³/mol. The number of carbonyl (C=O) groups excluding carboxylic acids is 1. The molecule has 9 nitrogen and oxygen atoms in total. The second kappa shape index (κ2) is 8.70. The molecule has 0 saturated carbocycles. The lowest BCUT2D eigenvalue weighted by molar-refractivity contribution is 0.245. The van der Waals surface area contributed by atoms with Crippen LogP contribution in [0.25, 0.3) is 21.9 Å². The van der Waals surface area contributed by atoms with Gasteiger partial charge in [0.1, 0.15) is 18.1 Å². The molecule has 0 spiro atoms. The highest BCUT2D eigenvalue weighted by Gasteiger charge is 2.21. The summed E-state index contributed by atoms with van der Waals surface area (Å²) < 4.78 is 20.9. The molecule has 1 aromatic carbocycles. The number of nitrogen functional groups attached to an aromatic ring is 1. The Morgan fingerprint density at radius 2 is 2.00 bits per heavy atom. The Morgan fingerprint density at radius 3 is 2.82 bits per heavy atom. The van der Waals surface area contributed by atoms with Crippen LogP contribution < -0.4 is 31.7 Å². The van der Waals surface area contributed by atoms with Crippen LogP contribution in [0.3, 0.4) is 0 Å². The number of nitrogens with zero attached hydrogens (tertiary/aromatic N) is 2. The molecule has 1 saturated heterocycles. The van der Waals surface area contributed by atoms with E-state index in [1.807, 2.05) is 6.92 Å². The molecule has 1 fully saturated rings. The molecule has 5 rings (SSSR count). The number of ether oxygens (including phenoxy) is 1. The van der Waals surface area contributed by atoms with Gasteiger partial charge < -0.3 is 26.4 Å². The maximum atomic E-state index is 15.3. The summed E-state index contributed by atoms with van der Waals surface area (Å²) in [5.74, 6) is 0.337. The third-order valence-corrected chi connectivity index (χ3v) is 6.15. The highest BCUT2D eigenvalue weighted by Crippen LogP contribution is 2.39. The summed E-state index contributed by atoms with van der Waals surface area (Å²) in [7, 11) is 0. The number of nitrogens with two attached hydrogens (primary N) is 1. The quantitative estimate of drug-likeness (QED) is 0.388. The number of urea groups is 1. The number of benzene rings is 1. The van der Waals surface area contributed by atoms with E-state index in [9.17, 15) is 4.79 Å². The van der Waals surface area contributed by atoms with Crippen molar-refractivity contribution in [3.63, 3.8) is 0 Å². The first-order chi connectivity index (χ1) is 16.0. The van der Waals surface area contributed by atoms with Gasteiger partial charge in [0.2, 0.25) is 5.88 Å². The van der Waals surface area contributed by atoms with Crippen LogP contribution in [-0.2, 0) is 0 Å². The van der Waals surface area contributed by atoms with Gasteiger partial charge in [0.15, 0.2) is 5.82 Å². The van der Waals surface area contributed by atoms with Crippen molar-refractivity contribution in [1.29, 1.82) is 0 Å². The molecule has 0 radical (unpaired) electrons. The molecule has 10 heteroatoms. The van der Waals surface area contributed by atoms with Crippen molar-refractivity contribution >= 4 is 34.0 Å². The molecule has 2 amide bonds. The molecule has 0 aliphatic carbocycles. The van der Waals surface area contributed by atoms with Crippen LogP contribution in [0.5, 0.6) is 5.88 Å². The minimum Gasteiger partial charge on any atom is -0.474 e. The highest BCUT2D eigenvalue weighted by molar-refractivity contribution is 6.00. The average Bonchev–Trinajstić information content (AvgIpc) is 2.82. The minimum absolute atomic E-state index is 0.00189. The second-order valence-electron chi connectivity index (χ2n) is 8.32. The van der Waals surface area contributed by atoms with Crippen molar-refractivity contribution in [2.45, 2.75) is 25.8 Å². The van der Waals surface area contributed by atoms with Crippen LogP contribution in [0.1, 0.15) is 18.4 Å². The van der Waals surface area contributed by atoms with E-state index in [1.54, 1.807) is 18.3 Å². The van der Waals surface area contributed by atoms with Crippen molar-refractivity contribution in [3.05, 3.63) is 35.9 Å². The van der Waals surface area contributed by atoms with Gasteiger partial charge in [0.25, 0.3) is 0 Å². The van der Waals surface area contributed by atoms with E-state index >= 15 is 4.39 Å². The summed E-state index contributed by atoms with van der Waals surface area (Å²) in [4.78, 5) is 21.0. The first-order valence-electron chi connectivity index (χ1n) is 11.0. The van der Waals surface area contributed by atoms with Gasteiger partial charge in [-0.05, 0) is 55.9 Å². The van der Waals surface area contributed by atoms with Gasteiger partial charge in [0, 0.05) is 41.5 Å². The minimum atomic E-state index is -0.532. The summed E-state index contributed by atoms with van der Waals surface area (Å²) in [5, 5.41) is 13.4. The normalized spacial score (nSPS) is 15.9. The number of pyridine rings is 2. The molecule has 2 aromatic heterocycles. The third kappa shape index (κ3) is 4.09. The van der Waals surface area contributed by atoms with E-state index < -0.39 is 5.82 Å². The first kappa shape index (κ1) is 21.2. The third-order valence-electron chi connectivity index (χ3n) is 6.15. The van der Waals surface area contributed by atoms with E-state index in [4.69, 9.17) is 10.5 Å². The van der Waals surface area contributed by atoms with Crippen LogP contribution >= 0.6 is 0 Å². The molecule has 0 atom stereocenters. The number of carbonyl (C=O) groups is 1. The molecule has 4 heterocycles. The zero-order valence-corrected chi connectivity index (χ0v) is 18.3. The highest BCUT2D eigenvalue weighted by atomic mass is 19.1. The molecule has 0 unspecified atom stereocenters. The fourth-order valence-corrected chi connectivity index (χ4v) is 4.36. The Balaban J connectivity index is 1.47. The van der Waals surface area contributed by atoms with Gasteiger partial charge in [-0.15, -0.1) is 0 Å². The molecule has 3 aromatic rings.